The van der Waals surface area contributed by atoms with Crippen LogP contribution in [0.25, 0.3) is 0 Å². The van der Waals surface area contributed by atoms with Crippen LogP contribution < -0.4 is 5.32 Å². The van der Waals surface area contributed by atoms with Crippen molar-refractivity contribution in [3.8, 4) is 5.75 Å². The van der Waals surface area contributed by atoms with Gasteiger partial charge in [-0.25, -0.2) is 0 Å². The van der Waals surface area contributed by atoms with Gasteiger partial charge in [0.25, 0.3) is 0 Å². The number of phenolic OH excluding ortho intramolecular Hbond substituents is 1. The molecule has 5 heteroatoms. The summed E-state index contributed by atoms with van der Waals surface area (Å²) in [6.45, 7) is 3.98. The van der Waals surface area contributed by atoms with E-state index in [0.29, 0.717) is 6.42 Å². The van der Waals surface area contributed by atoms with Crippen LogP contribution in [-0.2, 0) is 11.2 Å². The van der Waals surface area contributed by atoms with Crippen molar-refractivity contribution in [3.05, 3.63) is 29.8 Å². The Bertz CT molecular complexity index is 431. The van der Waals surface area contributed by atoms with Crippen molar-refractivity contribution in [2.75, 3.05) is 7.05 Å². The maximum Gasteiger partial charge on any atom is 0.241 e. The number of nitrogens with zero attached hydrogens (tertiary/aromatic N) is 1. The summed E-state index contributed by atoms with van der Waals surface area (Å²) in [6, 6.07) is 6.79. The summed E-state index contributed by atoms with van der Waals surface area (Å²) in [5.41, 5.74) is 0.748. The van der Waals surface area contributed by atoms with E-state index < -0.39 is 0 Å². The van der Waals surface area contributed by atoms with Crippen LogP contribution in [0.4, 0.5) is 0 Å². The third-order valence-electron chi connectivity index (χ3n) is 3.37. The summed E-state index contributed by atoms with van der Waals surface area (Å²) in [5.74, 6) is 0.361. The first-order valence-electron chi connectivity index (χ1n) is 5.73. The minimum absolute atomic E-state index is 0. The van der Waals surface area contributed by atoms with Gasteiger partial charge in [-0.05, 0) is 38.0 Å². The molecule has 1 unspecified atom stereocenters. The van der Waals surface area contributed by atoms with Crippen molar-refractivity contribution in [2.45, 2.75) is 32.0 Å². The van der Waals surface area contributed by atoms with E-state index >= 15 is 0 Å². The fraction of sp³-hybridized carbons (Fsp3) is 0.462. The largest absolute Gasteiger partial charge is 0.508 e. The molecule has 0 saturated carbocycles. The van der Waals surface area contributed by atoms with Crippen molar-refractivity contribution in [1.82, 2.24) is 10.2 Å². The zero-order valence-corrected chi connectivity index (χ0v) is 15.7. The molecule has 0 bridgehead atoms. The molecule has 1 atom stereocenters. The van der Waals surface area contributed by atoms with E-state index in [1.165, 1.54) is 0 Å². The first-order chi connectivity index (χ1) is 7.90. The van der Waals surface area contributed by atoms with E-state index in [2.05, 4.69) is 5.32 Å². The van der Waals surface area contributed by atoms with Gasteiger partial charge in [0, 0.05) is 51.1 Å². The number of carbonyl (C=O) groups excluding carboxylic acids is 1. The van der Waals surface area contributed by atoms with Crippen molar-refractivity contribution >= 4 is 5.91 Å². The summed E-state index contributed by atoms with van der Waals surface area (Å²) in [5, 5.41) is 12.5. The fourth-order valence-electron chi connectivity index (χ4n) is 2.10. The first kappa shape index (κ1) is 15.9. The molecule has 0 aliphatic carbocycles. The van der Waals surface area contributed by atoms with Crippen molar-refractivity contribution in [1.29, 1.82) is 0 Å². The van der Waals surface area contributed by atoms with E-state index in [4.69, 9.17) is 0 Å². The summed E-state index contributed by atoms with van der Waals surface area (Å²) in [6.07, 6.45) is 0.646. The number of nitrogens with one attached hydrogen (secondary N) is 1. The zero-order valence-electron chi connectivity index (χ0n) is 11.0. The Hall–Kier alpha value is -0.108. The first-order valence-corrected chi connectivity index (χ1v) is 5.73. The quantitative estimate of drug-likeness (QED) is 0.694. The Morgan fingerprint density at radius 3 is 2.33 bits per heavy atom. The van der Waals surface area contributed by atoms with Crippen LogP contribution in [-0.4, -0.2) is 34.7 Å². The monoisotopic (exact) mass is 461 g/mol. The number of carbonyl (C=O) groups is 1. The average Bonchev–Trinajstić information content (AvgIpc) is 2.46. The van der Waals surface area contributed by atoms with E-state index in [9.17, 15) is 9.90 Å². The van der Waals surface area contributed by atoms with E-state index in [1.54, 1.807) is 17.0 Å². The van der Waals surface area contributed by atoms with Crippen molar-refractivity contribution in [3.63, 3.8) is 0 Å². The van der Waals surface area contributed by atoms with Crippen LogP contribution in [0.15, 0.2) is 24.3 Å². The van der Waals surface area contributed by atoms with Gasteiger partial charge in [0.2, 0.25) is 5.91 Å². The molecule has 2 N–H and O–H groups in total. The molecule has 0 aromatic heterocycles. The average molecular weight is 461 g/mol. The van der Waals surface area contributed by atoms with Gasteiger partial charge in [-0.1, -0.05) is 12.1 Å². The molecule has 2 rings (SSSR count). The molecule has 1 amide bonds. The summed E-state index contributed by atoms with van der Waals surface area (Å²) in [7, 11) is 1.81. The Balaban J connectivity index is 0.00000162. The van der Waals surface area contributed by atoms with Crippen LogP contribution in [0.2, 0.25) is 0 Å². The smallest absolute Gasteiger partial charge is 0.241 e. The summed E-state index contributed by atoms with van der Waals surface area (Å²) < 4.78 is 0. The molecule has 1 fully saturated rings. The maximum atomic E-state index is 12.0. The number of rotatable bonds is 2. The van der Waals surface area contributed by atoms with Gasteiger partial charge < -0.3 is 10.0 Å². The number of amides is 1. The molecular weight excluding hydrogens is 443 g/mol. The Kier molecular flexibility index (Phi) is 5.23. The zero-order chi connectivity index (χ0) is 12.6. The number of hydrogen-bond acceptors (Lipinski definition) is 3. The normalized spacial score (nSPS) is 21.8. The van der Waals surface area contributed by atoms with Crippen molar-refractivity contribution < 1.29 is 54.0 Å². The molecule has 1 heterocycles. The molecule has 1 aliphatic heterocycles. The number of hydrogen-bond donors (Lipinski definition) is 2. The minimum Gasteiger partial charge on any atom is -0.508 e. The molecule has 0 spiro atoms. The molecule has 95 valence electrons. The standard InChI is InChI=1S/C13H18N2O2.Ac/c1-13(2)14-11(12(17)15(13)3)8-9-4-6-10(16)7-5-9;/h4-7,11,14,16H,8H2,1-3H3;. The Morgan fingerprint density at radius 2 is 1.89 bits per heavy atom. The predicted octanol–water partition coefficient (Wildman–Crippen LogP) is 1.10. The molecule has 1 aliphatic rings. The van der Waals surface area contributed by atoms with Gasteiger partial charge in [-0.15, -0.1) is 0 Å². The molecule has 1 aromatic carbocycles. The van der Waals surface area contributed by atoms with Gasteiger partial charge in [-0.2, -0.15) is 0 Å². The molecule has 18 heavy (non-hydrogen) atoms. The van der Waals surface area contributed by atoms with Crippen LogP contribution >= 0.6 is 0 Å². The second-order valence-corrected chi connectivity index (χ2v) is 5.02. The van der Waals surface area contributed by atoms with Crippen LogP contribution in [0.1, 0.15) is 19.4 Å². The molecule has 1 saturated heterocycles. The van der Waals surface area contributed by atoms with E-state index in [1.807, 2.05) is 33.0 Å². The molecular formula is C13H18AcN2O2. The number of benzene rings is 1. The number of aromatic hydroxyl groups is 1. The summed E-state index contributed by atoms with van der Waals surface area (Å²) >= 11 is 0. The van der Waals surface area contributed by atoms with Crippen LogP contribution in [0.5, 0.6) is 5.75 Å². The Morgan fingerprint density at radius 1 is 1.33 bits per heavy atom. The van der Waals surface area contributed by atoms with Gasteiger partial charge in [0.15, 0.2) is 0 Å². The fourth-order valence-corrected chi connectivity index (χ4v) is 2.10. The van der Waals surface area contributed by atoms with Gasteiger partial charge >= 0.3 is 0 Å². The summed E-state index contributed by atoms with van der Waals surface area (Å²) in [4.78, 5) is 13.7. The van der Waals surface area contributed by atoms with E-state index in [0.717, 1.165) is 5.56 Å². The van der Waals surface area contributed by atoms with Crippen LogP contribution in [0, 0.1) is 44.1 Å². The van der Waals surface area contributed by atoms with Gasteiger partial charge in [0.05, 0.1) is 11.7 Å². The Labute approximate surface area is 143 Å². The second-order valence-electron chi connectivity index (χ2n) is 5.02. The molecule has 1 aromatic rings. The van der Waals surface area contributed by atoms with Gasteiger partial charge in [-0.3, -0.25) is 10.1 Å². The second kappa shape index (κ2) is 5.90. The molecule has 1 radical (unpaired) electrons. The van der Waals surface area contributed by atoms with Crippen LogP contribution in [0.3, 0.4) is 0 Å². The topological polar surface area (TPSA) is 52.6 Å². The third kappa shape index (κ3) is 3.26. The minimum atomic E-state index is -0.293. The third-order valence-corrected chi connectivity index (χ3v) is 3.37. The number of likely N-dealkylation sites (N-methyl/N-ethyl adjacent to an activating group) is 1. The van der Waals surface area contributed by atoms with Crippen molar-refractivity contribution in [2.24, 2.45) is 0 Å². The van der Waals surface area contributed by atoms with E-state index in [-0.39, 0.29) is 67.4 Å². The SMILES string of the molecule is CN1C(=O)C(Cc2ccc(O)cc2)NC1(C)C.[Ac]. The predicted molar refractivity (Wildman–Crippen MR) is 65.6 cm³/mol. The van der Waals surface area contributed by atoms with Gasteiger partial charge in [0.1, 0.15) is 5.75 Å². The molecule has 4 nitrogen and oxygen atoms in total. The number of phenols is 1. The maximum absolute atomic E-state index is 12.0.